The smallest absolute Gasteiger partial charge is 0 e. The summed E-state index contributed by atoms with van der Waals surface area (Å²) in [5.74, 6) is 2.83. The van der Waals surface area contributed by atoms with Gasteiger partial charge in [-0.15, -0.1) is 0 Å². The van der Waals surface area contributed by atoms with Crippen molar-refractivity contribution in [1.82, 2.24) is 0 Å². The van der Waals surface area contributed by atoms with Crippen LogP contribution in [0, 0.1) is 0 Å². The zero-order valence-corrected chi connectivity index (χ0v) is 3.93. The normalized spacial score (nSPS) is 2.50. The molecule has 0 unspecified atom stereocenters. The lowest BCUT2D eigenvalue weighted by atomic mass is 11.0. The Morgan fingerprint density at radius 2 is 1.50 bits per heavy atom. The van der Waals surface area contributed by atoms with Crippen molar-refractivity contribution in [3.63, 3.8) is 0 Å². The van der Waals surface area contributed by atoms with Crippen molar-refractivity contribution in [1.29, 1.82) is 0 Å². The molecule has 0 aliphatic rings. The van der Waals surface area contributed by atoms with Gasteiger partial charge in [-0.2, -0.15) is 0 Å². The summed E-state index contributed by atoms with van der Waals surface area (Å²) in [5.41, 5.74) is 0. The molecule has 4 heavy (non-hydrogen) atoms. The molecule has 0 aliphatic heterocycles. The lowest BCUT2D eigenvalue weighted by Gasteiger charge is -1.07. The van der Waals surface area contributed by atoms with E-state index >= 15 is 0 Å². The van der Waals surface area contributed by atoms with Crippen LogP contribution >= 0.6 is 12.2 Å². The fourth-order valence-electron chi connectivity index (χ4n) is 0. The summed E-state index contributed by atoms with van der Waals surface area (Å²) < 4.78 is 0. The molecule has 0 amide bonds. The molecular formula is C3H10S. The number of hydrogen-bond donors (Lipinski definition) is 0. The molecule has 0 aromatic heterocycles. The minimum Gasteiger partial charge on any atom is -0.0973 e. The van der Waals surface area contributed by atoms with Crippen LogP contribution in [0.2, 0.25) is 0 Å². The largest absolute Gasteiger partial charge is 0.0973 e. The average molecular weight is 80.2 g/mol. The fourth-order valence-corrected chi connectivity index (χ4v) is 0. The second-order valence-corrected chi connectivity index (χ2v) is 0. The van der Waals surface area contributed by atoms with E-state index in [0.29, 0.717) is 0 Å². The van der Waals surface area contributed by atoms with Crippen LogP contribution in [-0.2, 0) is 0 Å². The molecule has 0 atom stereocenters. The molecule has 0 aliphatic carbocycles. The second kappa shape index (κ2) is 1670. The van der Waals surface area contributed by atoms with E-state index < -0.39 is 0 Å². The summed E-state index contributed by atoms with van der Waals surface area (Å²) in [6.07, 6.45) is 0. The molecular weight excluding hydrogens is 68.1 g/mol. The van der Waals surface area contributed by atoms with Gasteiger partial charge in [0.2, 0.25) is 0 Å². The van der Waals surface area contributed by atoms with Crippen molar-refractivity contribution in [2.24, 2.45) is 0 Å². The molecule has 1 heteroatoms. The molecule has 0 heterocycles. The number of hydrogen-bond acceptors (Lipinski definition) is 1. The predicted molar refractivity (Wildman–Crippen MR) is 28.2 cm³/mol. The summed E-state index contributed by atoms with van der Waals surface area (Å²) >= 11 is 3.83. The van der Waals surface area contributed by atoms with E-state index in [4.69, 9.17) is 0 Å². The first kappa shape index (κ1) is 8.94. The third-order valence-corrected chi connectivity index (χ3v) is 0. The maximum Gasteiger partial charge on any atom is 0 e. The highest BCUT2D eigenvalue weighted by Crippen LogP contribution is 1.14. The zero-order chi connectivity index (χ0) is 4.00. The van der Waals surface area contributed by atoms with Crippen molar-refractivity contribution in [3.8, 4) is 0 Å². The van der Waals surface area contributed by atoms with Crippen molar-refractivity contribution in [2.45, 2.75) is 13.8 Å². The van der Waals surface area contributed by atoms with Crippen molar-refractivity contribution < 1.29 is 1.43 Å². The molecule has 0 rings (SSSR count). The first-order chi connectivity index (χ1) is 2.00. The Labute approximate surface area is 34.3 Å². The maximum absolute atomic E-state index is 3.83. The molecule has 0 N–H and O–H groups in total. The van der Waals surface area contributed by atoms with Crippen molar-refractivity contribution >= 4 is 18.1 Å². The summed E-state index contributed by atoms with van der Waals surface area (Å²) in [7, 11) is 0. The van der Waals surface area contributed by atoms with Gasteiger partial charge in [0.05, 0.1) is 0 Å². The predicted octanol–water partition coefficient (Wildman–Crippen LogP) is 1.89. The van der Waals surface area contributed by atoms with Gasteiger partial charge in [-0.1, -0.05) is 26.1 Å². The van der Waals surface area contributed by atoms with Crippen LogP contribution in [-0.4, -0.2) is 5.87 Å². The lowest BCUT2D eigenvalue weighted by Crippen LogP contribution is -0.856. The van der Waals surface area contributed by atoms with E-state index in [-0.39, 0.29) is 1.43 Å². The van der Waals surface area contributed by atoms with E-state index in [9.17, 15) is 0 Å². The Kier molecular flexibility index (Phi) is 3720. The van der Waals surface area contributed by atoms with Crippen LogP contribution in [0.25, 0.3) is 0 Å². The van der Waals surface area contributed by atoms with E-state index in [1.165, 1.54) is 0 Å². The second-order valence-electron chi connectivity index (χ2n) is 0. The minimum atomic E-state index is 0. The van der Waals surface area contributed by atoms with E-state index in [2.05, 4.69) is 18.1 Å². The Morgan fingerprint density at radius 3 is 1.50 bits per heavy atom. The molecule has 0 saturated heterocycles. The van der Waals surface area contributed by atoms with Gasteiger partial charge >= 0.3 is 0 Å². The monoisotopic (exact) mass is 80.1 g/mol. The third kappa shape index (κ3) is 307. The van der Waals surface area contributed by atoms with Gasteiger partial charge in [0.1, 0.15) is 0 Å². The molecule has 0 fully saturated rings. The highest BCUT2D eigenvalue weighted by Gasteiger charge is 0.932. The molecule has 28 valence electrons. The van der Waals surface area contributed by atoms with Gasteiger partial charge in [0, 0.05) is 1.43 Å². The SMILES string of the molecule is C=S.CC.[3HH]. The summed E-state index contributed by atoms with van der Waals surface area (Å²) in [6.45, 7) is 4.00. The highest BCUT2D eigenvalue weighted by atomic mass is 32.1. The van der Waals surface area contributed by atoms with Gasteiger partial charge in [0.25, 0.3) is 0 Å². The van der Waals surface area contributed by atoms with E-state index in [0.717, 1.165) is 0 Å². The van der Waals surface area contributed by atoms with Gasteiger partial charge in [-0.05, 0) is 5.87 Å². The van der Waals surface area contributed by atoms with Gasteiger partial charge in [0.15, 0.2) is 0 Å². The van der Waals surface area contributed by atoms with Crippen LogP contribution in [0.5, 0.6) is 0 Å². The van der Waals surface area contributed by atoms with Gasteiger partial charge in [-0.25, -0.2) is 0 Å². The lowest BCUT2D eigenvalue weighted by molar-refractivity contribution is 1.50. The molecule has 0 aromatic rings. The maximum atomic E-state index is 3.83. The van der Waals surface area contributed by atoms with Crippen LogP contribution < -0.4 is 0 Å². The van der Waals surface area contributed by atoms with E-state index in [1.54, 1.807) is 0 Å². The first-order valence-electron chi connectivity index (χ1n) is 1.29. The van der Waals surface area contributed by atoms with E-state index in [1.807, 2.05) is 13.8 Å². The van der Waals surface area contributed by atoms with Gasteiger partial charge < -0.3 is 0 Å². The molecule has 0 aromatic carbocycles. The standard InChI is InChI=1S/C2H6.CH2S.H2/c2*1-2;/h1-2H3;1H2;1H/i;;1+2. The molecule has 0 nitrogen and oxygen atoms in total. The average Bonchev–Trinajstić information content (AvgIpc) is 1.50. The van der Waals surface area contributed by atoms with Crippen LogP contribution in [0.4, 0.5) is 0 Å². The molecule has 0 bridgehead atoms. The summed E-state index contributed by atoms with van der Waals surface area (Å²) in [5, 5.41) is 0. The Hall–Kier alpha value is 0.0900. The molecule has 0 spiro atoms. The number of rotatable bonds is 0. The topological polar surface area (TPSA) is 0 Å². The highest BCUT2D eigenvalue weighted by molar-refractivity contribution is 7.77. The number of thiocarbonyl (C=S) groups is 1. The zero-order valence-electron chi connectivity index (χ0n) is 3.12. The van der Waals surface area contributed by atoms with Crippen LogP contribution in [0.1, 0.15) is 15.3 Å². The van der Waals surface area contributed by atoms with Gasteiger partial charge in [-0.3, -0.25) is 0 Å². The third-order valence-electron chi connectivity index (χ3n) is 0. The van der Waals surface area contributed by atoms with Crippen LogP contribution in [0.15, 0.2) is 0 Å². The minimum absolute atomic E-state index is 0. The Balaban J connectivity index is -0.0000000133. The quantitative estimate of drug-likeness (QED) is 0.400. The summed E-state index contributed by atoms with van der Waals surface area (Å²) in [6, 6.07) is 0. The molecule has 0 saturated carbocycles. The van der Waals surface area contributed by atoms with Crippen LogP contribution in [0.3, 0.4) is 0 Å². The van der Waals surface area contributed by atoms with Crippen molar-refractivity contribution in [2.75, 3.05) is 0 Å². The Morgan fingerprint density at radius 1 is 1.50 bits per heavy atom. The fraction of sp³-hybridized carbons (Fsp3) is 0.667. The summed E-state index contributed by atoms with van der Waals surface area (Å²) in [4.78, 5) is 0. The first-order valence-corrected chi connectivity index (χ1v) is 1.87. The van der Waals surface area contributed by atoms with Crippen molar-refractivity contribution in [3.05, 3.63) is 0 Å². The Bertz CT molecular complexity index is 6.85. The molecule has 0 radical (unpaired) electrons.